The van der Waals surface area contributed by atoms with Gasteiger partial charge in [0, 0.05) is 17.6 Å². The second kappa shape index (κ2) is 8.78. The third-order valence-electron chi connectivity index (χ3n) is 3.17. The Kier molecular flexibility index (Phi) is 6.71. The summed E-state index contributed by atoms with van der Waals surface area (Å²) in [5, 5.41) is 12.0. The van der Waals surface area contributed by atoms with E-state index in [0.717, 1.165) is 15.6 Å². The maximum atomic E-state index is 8.82. The van der Waals surface area contributed by atoms with Crippen LogP contribution in [0.1, 0.15) is 11.1 Å². The Hall–Kier alpha value is -1.56. The molecule has 0 fully saturated rings. The van der Waals surface area contributed by atoms with Crippen molar-refractivity contribution in [3.05, 3.63) is 58.1 Å². The first-order valence-corrected chi connectivity index (χ1v) is 7.88. The summed E-state index contributed by atoms with van der Waals surface area (Å²) in [7, 11) is 1.63. The molecule has 0 aliphatic heterocycles. The summed E-state index contributed by atoms with van der Waals surface area (Å²) in [6.45, 7) is 1.82. The van der Waals surface area contributed by atoms with Crippen LogP contribution in [0.15, 0.2) is 46.9 Å². The number of aliphatic hydroxyl groups excluding tert-OH is 1. The summed E-state index contributed by atoms with van der Waals surface area (Å²) in [6, 6.07) is 13.9. The van der Waals surface area contributed by atoms with E-state index >= 15 is 0 Å². The van der Waals surface area contributed by atoms with Gasteiger partial charge in [0.15, 0.2) is 11.5 Å². The van der Waals surface area contributed by atoms with E-state index in [2.05, 4.69) is 21.2 Å². The molecule has 0 aliphatic rings. The van der Waals surface area contributed by atoms with Gasteiger partial charge in [0.05, 0.1) is 13.7 Å². The monoisotopic (exact) mass is 365 g/mol. The number of methoxy groups -OCH3 is 1. The fraction of sp³-hybridized carbons (Fsp3) is 0.294. The van der Waals surface area contributed by atoms with Gasteiger partial charge in [-0.25, -0.2) is 0 Å². The molecule has 118 valence electrons. The lowest BCUT2D eigenvalue weighted by atomic mass is 10.2. The molecule has 0 unspecified atom stereocenters. The van der Waals surface area contributed by atoms with Crippen LogP contribution in [0.5, 0.6) is 11.5 Å². The average molecular weight is 366 g/mol. The highest BCUT2D eigenvalue weighted by molar-refractivity contribution is 9.10. The Morgan fingerprint density at radius 3 is 2.59 bits per heavy atom. The molecule has 0 atom stereocenters. The molecular formula is C17H20BrNO3. The van der Waals surface area contributed by atoms with Crippen LogP contribution in [0.4, 0.5) is 0 Å². The second-order valence-electron chi connectivity index (χ2n) is 4.77. The summed E-state index contributed by atoms with van der Waals surface area (Å²) < 4.78 is 12.2. The Morgan fingerprint density at radius 2 is 1.91 bits per heavy atom. The molecule has 0 aliphatic carbocycles. The molecule has 5 heteroatoms. The van der Waals surface area contributed by atoms with E-state index in [-0.39, 0.29) is 6.61 Å². The Morgan fingerprint density at radius 1 is 1.14 bits per heavy atom. The highest BCUT2D eigenvalue weighted by Gasteiger charge is 2.10. The first kappa shape index (κ1) is 16.8. The van der Waals surface area contributed by atoms with Gasteiger partial charge in [-0.1, -0.05) is 46.3 Å². The molecule has 0 radical (unpaired) electrons. The molecular weight excluding hydrogens is 346 g/mol. The van der Waals surface area contributed by atoms with E-state index in [1.54, 1.807) is 7.11 Å². The predicted octanol–water partition coefficient (Wildman–Crippen LogP) is 3.12. The van der Waals surface area contributed by atoms with Gasteiger partial charge in [-0.05, 0) is 23.3 Å². The maximum absolute atomic E-state index is 8.82. The van der Waals surface area contributed by atoms with Crippen molar-refractivity contribution in [3.63, 3.8) is 0 Å². The van der Waals surface area contributed by atoms with Gasteiger partial charge in [-0.2, -0.15) is 0 Å². The van der Waals surface area contributed by atoms with Crippen LogP contribution >= 0.6 is 15.9 Å². The van der Waals surface area contributed by atoms with Crippen molar-refractivity contribution in [3.8, 4) is 11.5 Å². The minimum atomic E-state index is 0.118. The van der Waals surface area contributed by atoms with Crippen molar-refractivity contribution in [1.29, 1.82) is 0 Å². The lowest BCUT2D eigenvalue weighted by Crippen LogP contribution is -2.17. The van der Waals surface area contributed by atoms with Gasteiger partial charge in [-0.15, -0.1) is 0 Å². The van der Waals surface area contributed by atoms with E-state index in [0.29, 0.717) is 31.2 Å². The summed E-state index contributed by atoms with van der Waals surface area (Å²) in [6.07, 6.45) is 0. The van der Waals surface area contributed by atoms with Crippen LogP contribution < -0.4 is 14.8 Å². The fourth-order valence-corrected chi connectivity index (χ4v) is 2.49. The molecule has 0 amide bonds. The van der Waals surface area contributed by atoms with Crippen molar-refractivity contribution in [2.75, 3.05) is 20.3 Å². The quantitative estimate of drug-likeness (QED) is 0.705. The number of halogens is 1. The number of nitrogens with one attached hydrogen (secondary N) is 1. The van der Waals surface area contributed by atoms with Gasteiger partial charge >= 0.3 is 0 Å². The summed E-state index contributed by atoms with van der Waals surface area (Å²) in [4.78, 5) is 0. The number of hydrogen-bond donors (Lipinski definition) is 2. The number of aliphatic hydroxyl groups is 1. The first-order chi connectivity index (χ1) is 10.7. The number of ether oxygens (including phenoxy) is 2. The Labute approximate surface area is 139 Å². The topological polar surface area (TPSA) is 50.7 Å². The van der Waals surface area contributed by atoms with Crippen LogP contribution in [0.2, 0.25) is 0 Å². The second-order valence-corrected chi connectivity index (χ2v) is 5.62. The van der Waals surface area contributed by atoms with Crippen LogP contribution in [0.3, 0.4) is 0 Å². The lowest BCUT2D eigenvalue weighted by molar-refractivity contribution is 0.283. The van der Waals surface area contributed by atoms with E-state index in [1.165, 1.54) is 0 Å². The van der Waals surface area contributed by atoms with Crippen molar-refractivity contribution in [1.82, 2.24) is 5.32 Å². The smallest absolute Gasteiger partial charge is 0.162 e. The zero-order valence-corrected chi connectivity index (χ0v) is 14.1. The summed E-state index contributed by atoms with van der Waals surface area (Å²) in [5.74, 6) is 1.39. The number of benzene rings is 2. The lowest BCUT2D eigenvalue weighted by Gasteiger charge is -2.14. The number of hydrogen-bond acceptors (Lipinski definition) is 4. The highest BCUT2D eigenvalue weighted by atomic mass is 79.9. The molecule has 0 saturated heterocycles. The zero-order chi connectivity index (χ0) is 15.8. The molecule has 0 heterocycles. The maximum Gasteiger partial charge on any atom is 0.162 e. The average Bonchev–Trinajstić information content (AvgIpc) is 2.55. The minimum Gasteiger partial charge on any atom is -0.493 e. The fourth-order valence-electron chi connectivity index (χ4n) is 2.02. The SMILES string of the molecule is COc1cc(CNCCO)c(Br)cc1OCc1ccccc1. The van der Waals surface area contributed by atoms with Crippen LogP contribution in [-0.4, -0.2) is 25.4 Å². The van der Waals surface area contributed by atoms with Gasteiger partial charge in [0.25, 0.3) is 0 Å². The summed E-state index contributed by atoms with van der Waals surface area (Å²) >= 11 is 3.55. The van der Waals surface area contributed by atoms with Crippen LogP contribution in [0.25, 0.3) is 0 Å². The molecule has 2 aromatic carbocycles. The molecule has 4 nitrogen and oxygen atoms in total. The van der Waals surface area contributed by atoms with Gasteiger partial charge in [0.1, 0.15) is 6.61 Å². The molecule has 0 spiro atoms. The van der Waals surface area contributed by atoms with Crippen molar-refractivity contribution >= 4 is 15.9 Å². The predicted molar refractivity (Wildman–Crippen MR) is 90.3 cm³/mol. The first-order valence-electron chi connectivity index (χ1n) is 7.09. The molecule has 22 heavy (non-hydrogen) atoms. The van der Waals surface area contributed by atoms with E-state index in [1.807, 2.05) is 42.5 Å². The minimum absolute atomic E-state index is 0.118. The van der Waals surface area contributed by atoms with Crippen molar-refractivity contribution < 1.29 is 14.6 Å². The molecule has 2 N–H and O–H groups in total. The highest BCUT2D eigenvalue weighted by Crippen LogP contribution is 2.34. The van der Waals surface area contributed by atoms with Gasteiger partial charge in [-0.3, -0.25) is 0 Å². The summed E-state index contributed by atoms with van der Waals surface area (Å²) in [5.41, 5.74) is 2.16. The van der Waals surface area contributed by atoms with Crippen molar-refractivity contribution in [2.45, 2.75) is 13.2 Å². The van der Waals surface area contributed by atoms with E-state index in [9.17, 15) is 0 Å². The number of rotatable bonds is 8. The normalized spacial score (nSPS) is 10.5. The Balaban J connectivity index is 2.08. The van der Waals surface area contributed by atoms with Crippen molar-refractivity contribution in [2.24, 2.45) is 0 Å². The molecule has 0 saturated carbocycles. The van der Waals surface area contributed by atoms with Gasteiger partial charge < -0.3 is 19.9 Å². The van der Waals surface area contributed by atoms with Gasteiger partial charge in [0.2, 0.25) is 0 Å². The van der Waals surface area contributed by atoms with E-state index in [4.69, 9.17) is 14.6 Å². The van der Waals surface area contributed by atoms with E-state index < -0.39 is 0 Å². The molecule has 2 rings (SSSR count). The molecule has 0 aromatic heterocycles. The largest absolute Gasteiger partial charge is 0.493 e. The van der Waals surface area contributed by atoms with Crippen LogP contribution in [-0.2, 0) is 13.2 Å². The van der Waals surface area contributed by atoms with Crippen LogP contribution in [0, 0.1) is 0 Å². The Bertz CT molecular complexity index is 590. The third kappa shape index (κ3) is 4.73. The molecule has 0 bridgehead atoms. The zero-order valence-electron chi connectivity index (χ0n) is 12.5. The standard InChI is InChI=1S/C17H20BrNO3/c1-21-16-9-14(11-19-7-8-20)15(18)10-17(16)22-12-13-5-3-2-4-6-13/h2-6,9-10,19-20H,7-8,11-12H2,1H3. The third-order valence-corrected chi connectivity index (χ3v) is 3.91. The molecule has 2 aromatic rings.